The van der Waals surface area contributed by atoms with E-state index in [0.717, 1.165) is 17.5 Å². The Kier molecular flexibility index (Phi) is 2.44. The van der Waals surface area contributed by atoms with Crippen molar-refractivity contribution in [2.45, 2.75) is 18.9 Å². The van der Waals surface area contributed by atoms with E-state index in [1.807, 2.05) is 0 Å². The Hall–Kier alpha value is -2.09. The molecule has 2 aromatic heterocycles. The molecule has 0 saturated carbocycles. The van der Waals surface area contributed by atoms with Crippen LogP contribution in [0, 0.1) is 0 Å². The fraction of sp³-hybridized carbons (Fsp3) is 0.500. The Morgan fingerprint density at radius 1 is 1.44 bits per heavy atom. The van der Waals surface area contributed by atoms with E-state index in [4.69, 9.17) is 5.73 Å². The van der Waals surface area contributed by atoms with Gasteiger partial charge in [0.1, 0.15) is 0 Å². The van der Waals surface area contributed by atoms with Gasteiger partial charge in [-0.25, -0.2) is 9.78 Å². The van der Waals surface area contributed by atoms with Crippen molar-refractivity contribution in [2.75, 3.05) is 18.1 Å². The third kappa shape index (κ3) is 1.61. The normalized spacial score (nSPS) is 20.5. The van der Waals surface area contributed by atoms with Crippen molar-refractivity contribution in [3.8, 4) is 0 Å². The van der Waals surface area contributed by atoms with E-state index in [-0.39, 0.29) is 17.2 Å². The minimum Gasteiger partial charge on any atom is -0.339 e. The molecule has 18 heavy (non-hydrogen) atoms. The molecule has 0 aliphatic carbocycles. The number of aromatic amines is 2. The molecular formula is C10H14N6O2. The fourth-order valence-corrected chi connectivity index (χ4v) is 2.33. The maximum atomic E-state index is 12.2. The third-order valence-corrected chi connectivity index (χ3v) is 3.18. The highest BCUT2D eigenvalue weighted by Gasteiger charge is 2.21. The molecule has 0 bridgehead atoms. The highest BCUT2D eigenvalue weighted by Crippen LogP contribution is 2.05. The van der Waals surface area contributed by atoms with E-state index < -0.39 is 5.69 Å². The number of imidazole rings is 1. The van der Waals surface area contributed by atoms with Gasteiger partial charge < -0.3 is 15.7 Å². The van der Waals surface area contributed by atoms with Gasteiger partial charge in [0.2, 0.25) is 0 Å². The lowest BCUT2D eigenvalue weighted by Gasteiger charge is -2.32. The molecule has 1 fully saturated rings. The number of nitrogens with two attached hydrogens (primary N) is 1. The van der Waals surface area contributed by atoms with Crippen molar-refractivity contribution >= 4 is 11.2 Å². The first-order valence-corrected chi connectivity index (χ1v) is 5.86. The molecule has 0 radical (unpaired) electrons. The van der Waals surface area contributed by atoms with Crippen molar-refractivity contribution in [1.29, 1.82) is 0 Å². The van der Waals surface area contributed by atoms with Gasteiger partial charge in [-0.3, -0.25) is 9.78 Å². The smallest absolute Gasteiger partial charge is 0.339 e. The summed E-state index contributed by atoms with van der Waals surface area (Å²) in [6.07, 6.45) is 3.16. The van der Waals surface area contributed by atoms with E-state index in [0.29, 0.717) is 18.6 Å². The van der Waals surface area contributed by atoms with Crippen molar-refractivity contribution in [3.05, 3.63) is 27.2 Å². The quantitative estimate of drug-likeness (QED) is 0.568. The van der Waals surface area contributed by atoms with Gasteiger partial charge in [-0.1, -0.05) is 0 Å². The SMILES string of the molecule is N[C@H]1CCCN(n2c(=O)[nH]c3nc[nH]c3c2=O)C1. The van der Waals surface area contributed by atoms with Gasteiger partial charge in [-0.05, 0) is 12.8 Å². The van der Waals surface area contributed by atoms with Crippen LogP contribution in [0.15, 0.2) is 15.9 Å². The zero-order valence-electron chi connectivity index (χ0n) is 9.72. The second-order valence-corrected chi connectivity index (χ2v) is 4.49. The zero-order valence-corrected chi connectivity index (χ0v) is 9.72. The maximum Gasteiger partial charge on any atom is 0.349 e. The summed E-state index contributed by atoms with van der Waals surface area (Å²) in [5, 5.41) is 1.69. The first-order chi connectivity index (χ1) is 8.66. The van der Waals surface area contributed by atoms with E-state index >= 15 is 0 Å². The van der Waals surface area contributed by atoms with Crippen LogP contribution >= 0.6 is 0 Å². The van der Waals surface area contributed by atoms with Crippen LogP contribution in [0.1, 0.15) is 12.8 Å². The first-order valence-electron chi connectivity index (χ1n) is 5.86. The second-order valence-electron chi connectivity index (χ2n) is 4.49. The Bertz CT molecular complexity index is 683. The van der Waals surface area contributed by atoms with Gasteiger partial charge in [0.25, 0.3) is 0 Å². The maximum absolute atomic E-state index is 12.2. The molecule has 0 unspecified atom stereocenters. The summed E-state index contributed by atoms with van der Waals surface area (Å²) in [4.78, 5) is 33.3. The van der Waals surface area contributed by atoms with Crippen LogP contribution in [-0.4, -0.2) is 38.8 Å². The summed E-state index contributed by atoms with van der Waals surface area (Å²) in [5.41, 5.74) is 5.58. The number of fused-ring (bicyclic) bond motifs is 1. The monoisotopic (exact) mass is 250 g/mol. The second kappa shape index (κ2) is 3.98. The van der Waals surface area contributed by atoms with E-state index in [2.05, 4.69) is 15.0 Å². The van der Waals surface area contributed by atoms with Crippen molar-refractivity contribution < 1.29 is 0 Å². The zero-order chi connectivity index (χ0) is 12.7. The van der Waals surface area contributed by atoms with Crippen LogP contribution < -0.4 is 22.0 Å². The Morgan fingerprint density at radius 2 is 2.28 bits per heavy atom. The van der Waals surface area contributed by atoms with Gasteiger partial charge in [-0.2, -0.15) is 4.68 Å². The standard InChI is InChI=1S/C10H14N6O2/c11-6-2-1-3-15(4-6)16-9(17)7-8(13-5-12-7)14-10(16)18/h5-6H,1-4,11H2,(H,12,13)(H,14,18)/t6-/m0/s1. The van der Waals surface area contributed by atoms with Crippen LogP contribution in [0.25, 0.3) is 11.2 Å². The predicted octanol–water partition coefficient (Wildman–Crippen LogP) is -1.53. The molecule has 1 aliphatic rings. The molecule has 0 spiro atoms. The minimum atomic E-state index is -0.478. The number of nitrogens with zero attached hydrogens (tertiary/aromatic N) is 3. The van der Waals surface area contributed by atoms with Crippen molar-refractivity contribution in [3.63, 3.8) is 0 Å². The minimum absolute atomic E-state index is 0.0116. The van der Waals surface area contributed by atoms with Crippen LogP contribution in [0.3, 0.4) is 0 Å². The lowest BCUT2D eigenvalue weighted by Crippen LogP contribution is -2.56. The number of piperidine rings is 1. The number of nitrogens with one attached hydrogen (secondary N) is 2. The lowest BCUT2D eigenvalue weighted by molar-refractivity contribution is 0.418. The molecule has 8 nitrogen and oxygen atoms in total. The molecule has 1 aliphatic heterocycles. The highest BCUT2D eigenvalue weighted by molar-refractivity contribution is 5.67. The highest BCUT2D eigenvalue weighted by atomic mass is 16.2. The van der Waals surface area contributed by atoms with Gasteiger partial charge in [0, 0.05) is 19.1 Å². The summed E-state index contributed by atoms with van der Waals surface area (Å²) in [6, 6.07) is -0.0116. The molecule has 0 aromatic carbocycles. The molecule has 3 heterocycles. The third-order valence-electron chi connectivity index (χ3n) is 3.18. The molecule has 2 aromatic rings. The average molecular weight is 250 g/mol. The molecular weight excluding hydrogens is 236 g/mol. The van der Waals surface area contributed by atoms with Gasteiger partial charge in [0.15, 0.2) is 11.2 Å². The van der Waals surface area contributed by atoms with E-state index in [1.165, 1.54) is 6.33 Å². The lowest BCUT2D eigenvalue weighted by atomic mass is 10.1. The number of aromatic nitrogens is 4. The Labute approximate surface area is 101 Å². The van der Waals surface area contributed by atoms with E-state index in [1.54, 1.807) is 5.01 Å². The Balaban J connectivity index is 2.16. The molecule has 8 heteroatoms. The molecule has 3 rings (SSSR count). The van der Waals surface area contributed by atoms with Gasteiger partial charge in [-0.15, -0.1) is 0 Å². The molecule has 1 atom stereocenters. The van der Waals surface area contributed by atoms with Crippen molar-refractivity contribution in [1.82, 2.24) is 19.6 Å². The van der Waals surface area contributed by atoms with Crippen molar-refractivity contribution in [2.24, 2.45) is 5.73 Å². The predicted molar refractivity (Wildman–Crippen MR) is 66.1 cm³/mol. The molecule has 0 amide bonds. The average Bonchev–Trinajstić information content (AvgIpc) is 2.77. The number of hydrogen-bond donors (Lipinski definition) is 3. The fourth-order valence-electron chi connectivity index (χ4n) is 2.33. The first kappa shape index (κ1) is 11.0. The number of rotatable bonds is 1. The molecule has 1 saturated heterocycles. The van der Waals surface area contributed by atoms with Crippen LogP contribution in [0.5, 0.6) is 0 Å². The molecule has 96 valence electrons. The number of hydrogen-bond acceptors (Lipinski definition) is 5. The number of H-pyrrole nitrogens is 2. The Morgan fingerprint density at radius 3 is 3.06 bits per heavy atom. The summed E-state index contributed by atoms with van der Waals surface area (Å²) >= 11 is 0. The topological polar surface area (TPSA) is 113 Å². The summed E-state index contributed by atoms with van der Waals surface area (Å²) in [6.45, 7) is 1.15. The van der Waals surface area contributed by atoms with Crippen LogP contribution in [0.4, 0.5) is 0 Å². The van der Waals surface area contributed by atoms with Crippen LogP contribution in [0.2, 0.25) is 0 Å². The van der Waals surface area contributed by atoms with Gasteiger partial charge >= 0.3 is 11.2 Å². The van der Waals surface area contributed by atoms with Crippen LogP contribution in [-0.2, 0) is 0 Å². The van der Waals surface area contributed by atoms with Gasteiger partial charge in [0.05, 0.1) is 6.33 Å². The molecule has 4 N–H and O–H groups in total. The summed E-state index contributed by atoms with van der Waals surface area (Å²) < 4.78 is 1.11. The largest absolute Gasteiger partial charge is 0.349 e. The van der Waals surface area contributed by atoms with E-state index in [9.17, 15) is 9.59 Å². The summed E-state index contributed by atoms with van der Waals surface area (Å²) in [7, 11) is 0. The summed E-state index contributed by atoms with van der Waals surface area (Å²) in [5.74, 6) is 0.